The van der Waals surface area contributed by atoms with Gasteiger partial charge in [-0.05, 0) is 0 Å². The molecule has 3 aliphatic heterocycles. The molecule has 0 aliphatic carbocycles. The minimum absolute atomic E-state index is 1.04. The van der Waals surface area contributed by atoms with Crippen molar-refractivity contribution in [2.45, 2.75) is 92.1 Å². The van der Waals surface area contributed by atoms with E-state index in [1.807, 2.05) is 0 Å². The number of carboxylic acid groups (broad SMARTS) is 3. The summed E-state index contributed by atoms with van der Waals surface area (Å²) in [6.07, 6.45) is -29.7. The van der Waals surface area contributed by atoms with Crippen LogP contribution in [0.25, 0.3) is 0 Å². The topological polar surface area (TPSA) is 298 Å². The van der Waals surface area contributed by atoms with Gasteiger partial charge in [-0.15, -0.1) is 0 Å². The Morgan fingerprint density at radius 3 is 1.13 bits per heavy atom. The zero-order valence-electron chi connectivity index (χ0n) is 20.3. The second-order valence-corrected chi connectivity index (χ2v) is 8.87. The molecular weight excluding hydrogens is 544 g/mol. The number of carbonyl (C=O) groups is 3. The van der Waals surface area contributed by atoms with Crippen molar-refractivity contribution in [1.82, 2.24) is 0 Å². The lowest BCUT2D eigenvalue weighted by atomic mass is 9.95. The second kappa shape index (κ2) is 12.6. The summed E-state index contributed by atoms with van der Waals surface area (Å²) >= 11 is 0. The van der Waals surface area contributed by atoms with E-state index < -0.39 is 110 Å². The molecule has 0 aromatic rings. The molecule has 0 spiro atoms. The Hall–Kier alpha value is -2.11. The third-order valence-electron chi connectivity index (χ3n) is 6.45. The molecule has 0 aromatic heterocycles. The van der Waals surface area contributed by atoms with Crippen LogP contribution in [0.2, 0.25) is 0 Å². The number of aliphatic hydroxyl groups is 6. The summed E-state index contributed by atoms with van der Waals surface area (Å²) < 4.78 is 35.4. The maximum atomic E-state index is 11.9. The fourth-order valence-electron chi connectivity index (χ4n) is 4.40. The Balaban J connectivity index is 1.81. The lowest BCUT2D eigenvalue weighted by Crippen LogP contribution is -2.67. The number of methoxy groups -OCH3 is 2. The van der Waals surface area contributed by atoms with Gasteiger partial charge in [0.1, 0.15) is 54.9 Å². The molecule has 0 radical (unpaired) electrons. The van der Waals surface area contributed by atoms with E-state index in [0.717, 1.165) is 14.2 Å². The summed E-state index contributed by atoms with van der Waals surface area (Å²) in [5.74, 6) is -5.16. The molecular formula is C20H30O19. The molecule has 39 heavy (non-hydrogen) atoms. The van der Waals surface area contributed by atoms with Crippen LogP contribution < -0.4 is 0 Å². The molecule has 0 aromatic carbocycles. The van der Waals surface area contributed by atoms with Crippen LogP contribution >= 0.6 is 0 Å². The van der Waals surface area contributed by atoms with E-state index in [0.29, 0.717) is 0 Å². The monoisotopic (exact) mass is 574 g/mol. The van der Waals surface area contributed by atoms with Crippen molar-refractivity contribution >= 4 is 17.9 Å². The van der Waals surface area contributed by atoms with Gasteiger partial charge in [-0.2, -0.15) is 0 Å². The molecule has 0 bridgehead atoms. The van der Waals surface area contributed by atoms with Crippen molar-refractivity contribution in [2.24, 2.45) is 0 Å². The summed E-state index contributed by atoms with van der Waals surface area (Å²) in [4.78, 5) is 35.1. The molecule has 3 saturated heterocycles. The maximum absolute atomic E-state index is 11.9. The Kier molecular flexibility index (Phi) is 10.1. The first-order valence-corrected chi connectivity index (χ1v) is 11.3. The van der Waals surface area contributed by atoms with Crippen LogP contribution in [0.3, 0.4) is 0 Å². The first-order valence-electron chi connectivity index (χ1n) is 11.3. The smallest absolute Gasteiger partial charge is 0.335 e. The Bertz CT molecular complexity index is 885. The maximum Gasteiger partial charge on any atom is 0.335 e. The molecule has 9 N–H and O–H groups in total. The van der Waals surface area contributed by atoms with Crippen LogP contribution in [0, 0.1) is 0 Å². The van der Waals surface area contributed by atoms with Gasteiger partial charge in [0.05, 0.1) is 0 Å². The van der Waals surface area contributed by atoms with Crippen LogP contribution in [0.5, 0.6) is 0 Å². The number of rotatable bonds is 9. The zero-order chi connectivity index (χ0) is 29.3. The van der Waals surface area contributed by atoms with E-state index in [4.69, 9.17) is 33.2 Å². The third kappa shape index (κ3) is 6.15. The van der Waals surface area contributed by atoms with E-state index >= 15 is 0 Å². The third-order valence-corrected chi connectivity index (χ3v) is 6.45. The number of aliphatic hydroxyl groups excluding tert-OH is 6. The van der Waals surface area contributed by atoms with Crippen molar-refractivity contribution in [3.05, 3.63) is 0 Å². The van der Waals surface area contributed by atoms with Gasteiger partial charge >= 0.3 is 17.9 Å². The highest BCUT2D eigenvalue weighted by molar-refractivity contribution is 5.74. The minimum Gasteiger partial charge on any atom is -0.479 e. The molecule has 19 nitrogen and oxygen atoms in total. The van der Waals surface area contributed by atoms with Crippen molar-refractivity contribution in [2.75, 3.05) is 14.2 Å². The molecule has 15 atom stereocenters. The van der Waals surface area contributed by atoms with E-state index in [1.165, 1.54) is 0 Å². The average molecular weight is 574 g/mol. The van der Waals surface area contributed by atoms with Gasteiger partial charge in [-0.3, -0.25) is 0 Å². The van der Waals surface area contributed by atoms with E-state index in [2.05, 4.69) is 0 Å². The number of hydrogen-bond acceptors (Lipinski definition) is 16. The molecule has 3 heterocycles. The van der Waals surface area contributed by atoms with Gasteiger partial charge < -0.3 is 79.1 Å². The molecule has 3 fully saturated rings. The zero-order valence-corrected chi connectivity index (χ0v) is 20.3. The van der Waals surface area contributed by atoms with Gasteiger partial charge in [0.2, 0.25) is 0 Å². The fraction of sp³-hybridized carbons (Fsp3) is 0.850. The minimum atomic E-state index is -2.23. The summed E-state index contributed by atoms with van der Waals surface area (Å²) in [5, 5.41) is 90.8. The quantitative estimate of drug-likeness (QED) is 0.124. The molecule has 0 amide bonds. The molecule has 3 rings (SSSR count). The van der Waals surface area contributed by atoms with Gasteiger partial charge in [-0.25, -0.2) is 14.4 Å². The van der Waals surface area contributed by atoms with Crippen molar-refractivity contribution in [3.8, 4) is 0 Å². The largest absolute Gasteiger partial charge is 0.479 e. The average Bonchev–Trinajstić information content (AvgIpc) is 2.88. The predicted molar refractivity (Wildman–Crippen MR) is 112 cm³/mol. The van der Waals surface area contributed by atoms with Crippen LogP contribution in [-0.4, -0.2) is 170 Å². The Labute approximate surface area is 218 Å². The SMILES string of the molecule is COC1OC(C(=O)O)C(OC2OC(C(=O)O)C(OC3OC(C(=O)O)C(OC)C(O)C3O)C(O)C2O)C(O)C1O. The highest BCUT2D eigenvalue weighted by Gasteiger charge is 2.56. The van der Waals surface area contributed by atoms with E-state index in [9.17, 15) is 60.3 Å². The second-order valence-electron chi connectivity index (χ2n) is 8.87. The molecule has 19 heteroatoms. The van der Waals surface area contributed by atoms with Crippen molar-refractivity contribution < 1.29 is 93.5 Å². The Morgan fingerprint density at radius 2 is 0.795 bits per heavy atom. The summed E-state index contributed by atoms with van der Waals surface area (Å²) in [6, 6.07) is 0. The summed E-state index contributed by atoms with van der Waals surface area (Å²) in [6.45, 7) is 0. The first kappa shape index (κ1) is 31.4. The number of carboxylic acids is 3. The number of aliphatic carboxylic acids is 3. The van der Waals surface area contributed by atoms with Crippen LogP contribution in [0.15, 0.2) is 0 Å². The van der Waals surface area contributed by atoms with Gasteiger partial charge in [0.15, 0.2) is 37.2 Å². The first-order chi connectivity index (χ1) is 18.2. The highest BCUT2D eigenvalue weighted by Crippen LogP contribution is 2.33. The highest BCUT2D eigenvalue weighted by atomic mass is 16.8. The van der Waals surface area contributed by atoms with Crippen molar-refractivity contribution in [3.63, 3.8) is 0 Å². The van der Waals surface area contributed by atoms with Gasteiger partial charge in [0.25, 0.3) is 0 Å². The lowest BCUT2D eigenvalue weighted by molar-refractivity contribution is -0.369. The number of hydrogen-bond donors (Lipinski definition) is 9. The molecule has 15 unspecified atom stereocenters. The van der Waals surface area contributed by atoms with E-state index in [-0.39, 0.29) is 0 Å². The fourth-order valence-corrected chi connectivity index (χ4v) is 4.40. The van der Waals surface area contributed by atoms with Gasteiger partial charge in [-0.1, -0.05) is 0 Å². The Morgan fingerprint density at radius 1 is 0.487 bits per heavy atom. The standard InChI is InChI=1S/C20H30O19/c1-33-9-3(21)7(25)19(38-12(9)15(27)28)36-11-5(23)8(26)20(39-14(11)17(31)32)35-10-4(22)6(24)18(34-2)37-13(10)16(29)30/h3-14,18-26H,1-2H3,(H,27,28)(H,29,30)(H,31,32). The van der Waals surface area contributed by atoms with E-state index in [1.54, 1.807) is 0 Å². The van der Waals surface area contributed by atoms with Crippen LogP contribution in [0.4, 0.5) is 0 Å². The lowest BCUT2D eigenvalue weighted by Gasteiger charge is -2.47. The summed E-state index contributed by atoms with van der Waals surface area (Å²) in [7, 11) is 2.09. The number of ether oxygens (including phenoxy) is 7. The molecule has 224 valence electrons. The van der Waals surface area contributed by atoms with Crippen LogP contribution in [0.1, 0.15) is 0 Å². The normalized spacial score (nSPS) is 46.9. The van der Waals surface area contributed by atoms with Crippen LogP contribution in [-0.2, 0) is 47.5 Å². The van der Waals surface area contributed by atoms with Crippen molar-refractivity contribution in [1.29, 1.82) is 0 Å². The summed E-state index contributed by atoms with van der Waals surface area (Å²) in [5.41, 5.74) is 0. The molecule has 3 aliphatic rings. The molecule has 0 saturated carbocycles. The predicted octanol–water partition coefficient (Wildman–Crippen LogP) is -5.99. The van der Waals surface area contributed by atoms with Gasteiger partial charge in [0, 0.05) is 14.2 Å².